The molecule has 4 heteroatoms. The molecule has 0 N–H and O–H groups in total. The summed E-state index contributed by atoms with van der Waals surface area (Å²) in [7, 11) is 0. The minimum absolute atomic E-state index is 0.779. The molecule has 3 aromatic rings. The van der Waals surface area contributed by atoms with Crippen LogP contribution in [0.15, 0.2) is 42.0 Å². The van der Waals surface area contributed by atoms with Crippen molar-refractivity contribution in [3.63, 3.8) is 0 Å². The van der Waals surface area contributed by atoms with Gasteiger partial charge >= 0.3 is 0 Å². The maximum Gasteiger partial charge on any atom is 0.125 e. The van der Waals surface area contributed by atoms with E-state index in [9.17, 15) is 0 Å². The lowest BCUT2D eigenvalue weighted by molar-refractivity contribution is 1.06. The smallest absolute Gasteiger partial charge is 0.125 e. The molecular formula is C17H19N3S. The van der Waals surface area contributed by atoms with Gasteiger partial charge in [0, 0.05) is 11.8 Å². The monoisotopic (exact) mass is 297 g/mol. The Bertz CT molecular complexity index is 659. The largest absolute Gasteiger partial charge is 0.244 e. The van der Waals surface area contributed by atoms with Crippen molar-refractivity contribution in [2.75, 3.05) is 0 Å². The van der Waals surface area contributed by atoms with Crippen molar-refractivity contribution in [3.8, 4) is 21.8 Å². The Morgan fingerprint density at radius 1 is 1.00 bits per heavy atom. The highest BCUT2D eigenvalue weighted by Gasteiger charge is 2.12. The highest BCUT2D eigenvalue weighted by molar-refractivity contribution is 7.13. The first-order chi connectivity index (χ1) is 10.2. The van der Waals surface area contributed by atoms with E-state index in [1.54, 1.807) is 17.5 Å². The van der Waals surface area contributed by atoms with Crippen LogP contribution in [0.1, 0.15) is 25.2 Å². The van der Waals surface area contributed by atoms with Crippen LogP contribution < -0.4 is 0 Å². The molecule has 0 spiro atoms. The van der Waals surface area contributed by atoms with Gasteiger partial charge in [-0.3, -0.25) is 0 Å². The van der Waals surface area contributed by atoms with Crippen molar-refractivity contribution in [1.29, 1.82) is 0 Å². The molecule has 3 rings (SSSR count). The van der Waals surface area contributed by atoms with Crippen molar-refractivity contribution < 1.29 is 0 Å². The first-order valence-corrected chi connectivity index (χ1v) is 7.92. The average Bonchev–Trinajstić information content (AvgIpc) is 2.99. The van der Waals surface area contributed by atoms with Crippen LogP contribution in [-0.4, -0.2) is 15.0 Å². The van der Waals surface area contributed by atoms with Crippen LogP contribution in [0.3, 0.4) is 0 Å². The molecule has 3 nitrogen and oxygen atoms in total. The summed E-state index contributed by atoms with van der Waals surface area (Å²) in [5.74, 6) is 0.779. The zero-order chi connectivity index (χ0) is 15.2. The Kier molecular flexibility index (Phi) is 5.17. The van der Waals surface area contributed by atoms with Crippen molar-refractivity contribution in [1.82, 2.24) is 15.0 Å². The highest BCUT2D eigenvalue weighted by atomic mass is 32.1. The van der Waals surface area contributed by atoms with Gasteiger partial charge in [0.1, 0.15) is 5.82 Å². The second kappa shape index (κ2) is 7.09. The van der Waals surface area contributed by atoms with Gasteiger partial charge in [-0.1, -0.05) is 37.6 Å². The number of hydrogen-bond donors (Lipinski definition) is 0. The number of hydrogen-bond acceptors (Lipinski definition) is 4. The Morgan fingerprint density at radius 3 is 2.52 bits per heavy atom. The molecule has 0 aliphatic rings. The molecule has 1 aromatic carbocycles. The minimum Gasteiger partial charge on any atom is -0.244 e. The second-order valence-electron chi connectivity index (χ2n) is 4.39. The third kappa shape index (κ3) is 3.52. The van der Waals surface area contributed by atoms with Crippen LogP contribution in [0.4, 0.5) is 0 Å². The lowest BCUT2D eigenvalue weighted by Gasteiger charge is -2.03. The zero-order valence-corrected chi connectivity index (χ0v) is 13.6. The van der Waals surface area contributed by atoms with E-state index in [2.05, 4.69) is 46.1 Å². The van der Waals surface area contributed by atoms with Crippen molar-refractivity contribution in [3.05, 3.63) is 53.4 Å². The molecule has 0 atom stereocenters. The molecule has 2 aromatic heterocycles. The fourth-order valence-corrected chi connectivity index (χ4v) is 2.79. The van der Waals surface area contributed by atoms with Gasteiger partial charge in [-0.2, -0.15) is 0 Å². The summed E-state index contributed by atoms with van der Waals surface area (Å²) in [4.78, 5) is 14.2. The summed E-state index contributed by atoms with van der Waals surface area (Å²) < 4.78 is 0. The van der Waals surface area contributed by atoms with E-state index >= 15 is 0 Å². The standard InChI is InChI=1S/C15H13N3S.C2H6/c1-10-4-3-5-12(8-10)14-15(19-9-17-14)13-6-7-16-11(2)18-13;1-2/h3-9H,1-2H3;1-2H3. The predicted octanol–water partition coefficient (Wildman–Crippen LogP) is 4.91. The van der Waals surface area contributed by atoms with Gasteiger partial charge in [0.25, 0.3) is 0 Å². The SMILES string of the molecule is CC.Cc1cccc(-c2ncsc2-c2ccnc(C)n2)c1. The number of nitrogens with zero attached hydrogens (tertiary/aromatic N) is 3. The van der Waals surface area contributed by atoms with Gasteiger partial charge in [0.15, 0.2) is 0 Å². The van der Waals surface area contributed by atoms with Crippen LogP contribution in [-0.2, 0) is 0 Å². The number of benzene rings is 1. The Balaban J connectivity index is 0.000000774. The summed E-state index contributed by atoms with van der Waals surface area (Å²) in [6.07, 6.45) is 1.79. The molecule has 0 aliphatic carbocycles. The van der Waals surface area contributed by atoms with E-state index in [0.717, 1.165) is 27.7 Å². The summed E-state index contributed by atoms with van der Waals surface area (Å²) >= 11 is 1.61. The molecule has 0 amide bonds. The van der Waals surface area contributed by atoms with E-state index in [0.29, 0.717) is 0 Å². The number of aromatic nitrogens is 3. The normalized spacial score (nSPS) is 9.90. The van der Waals surface area contributed by atoms with Crippen molar-refractivity contribution in [2.45, 2.75) is 27.7 Å². The first-order valence-electron chi connectivity index (χ1n) is 7.04. The van der Waals surface area contributed by atoms with Crippen LogP contribution in [0.2, 0.25) is 0 Å². The van der Waals surface area contributed by atoms with Crippen LogP contribution in [0.25, 0.3) is 21.8 Å². The van der Waals surface area contributed by atoms with Crippen molar-refractivity contribution >= 4 is 11.3 Å². The van der Waals surface area contributed by atoms with Gasteiger partial charge in [-0.15, -0.1) is 11.3 Å². The zero-order valence-electron chi connectivity index (χ0n) is 12.8. The maximum atomic E-state index is 4.49. The quantitative estimate of drug-likeness (QED) is 0.674. The van der Waals surface area contributed by atoms with Crippen molar-refractivity contribution in [2.24, 2.45) is 0 Å². The molecule has 2 heterocycles. The van der Waals surface area contributed by atoms with Crippen LogP contribution in [0.5, 0.6) is 0 Å². The Hall–Kier alpha value is -2.07. The summed E-state index contributed by atoms with van der Waals surface area (Å²) in [5.41, 5.74) is 6.16. The molecule has 108 valence electrons. The molecule has 0 radical (unpaired) electrons. The van der Waals surface area contributed by atoms with E-state index in [-0.39, 0.29) is 0 Å². The average molecular weight is 297 g/mol. The summed E-state index contributed by atoms with van der Waals surface area (Å²) in [6.45, 7) is 7.99. The molecule has 0 unspecified atom stereocenters. The molecule has 0 saturated carbocycles. The lowest BCUT2D eigenvalue weighted by Crippen LogP contribution is -1.90. The van der Waals surface area contributed by atoms with Gasteiger partial charge < -0.3 is 0 Å². The fraction of sp³-hybridized carbons (Fsp3) is 0.235. The number of rotatable bonds is 2. The van der Waals surface area contributed by atoms with Crippen LogP contribution >= 0.6 is 11.3 Å². The number of thiazole rings is 1. The Labute approximate surface area is 129 Å². The predicted molar refractivity (Wildman–Crippen MR) is 89.4 cm³/mol. The number of aryl methyl sites for hydroxylation is 2. The maximum absolute atomic E-state index is 4.49. The minimum atomic E-state index is 0.779. The van der Waals surface area contributed by atoms with Gasteiger partial charge in [0.05, 0.1) is 21.8 Å². The molecule has 0 fully saturated rings. The van der Waals surface area contributed by atoms with Gasteiger partial charge in [-0.25, -0.2) is 15.0 Å². The topological polar surface area (TPSA) is 38.7 Å². The van der Waals surface area contributed by atoms with E-state index < -0.39 is 0 Å². The molecular weight excluding hydrogens is 278 g/mol. The van der Waals surface area contributed by atoms with Crippen LogP contribution in [0, 0.1) is 13.8 Å². The highest BCUT2D eigenvalue weighted by Crippen LogP contribution is 2.33. The third-order valence-corrected chi connectivity index (χ3v) is 3.72. The van der Waals surface area contributed by atoms with Gasteiger partial charge in [0.2, 0.25) is 0 Å². The first kappa shape index (κ1) is 15.3. The lowest BCUT2D eigenvalue weighted by atomic mass is 10.1. The molecule has 0 saturated heterocycles. The third-order valence-electron chi connectivity index (χ3n) is 2.87. The summed E-state index contributed by atoms with van der Waals surface area (Å²) in [6, 6.07) is 10.3. The molecule has 21 heavy (non-hydrogen) atoms. The molecule has 0 aliphatic heterocycles. The van der Waals surface area contributed by atoms with E-state index in [1.807, 2.05) is 32.3 Å². The van der Waals surface area contributed by atoms with Gasteiger partial charge in [-0.05, 0) is 26.0 Å². The summed E-state index contributed by atoms with van der Waals surface area (Å²) in [5, 5.41) is 0. The Morgan fingerprint density at radius 2 is 1.81 bits per heavy atom. The van der Waals surface area contributed by atoms with E-state index in [1.165, 1.54) is 5.56 Å². The van der Waals surface area contributed by atoms with E-state index in [4.69, 9.17) is 0 Å². The second-order valence-corrected chi connectivity index (χ2v) is 5.24. The fourth-order valence-electron chi connectivity index (χ4n) is 2.01. The molecule has 0 bridgehead atoms.